The molecule has 2 fully saturated rings. The Morgan fingerprint density at radius 3 is 2.17 bits per heavy atom. The second kappa shape index (κ2) is 9.46. The molecular weight excluding hydrogens is 334 g/mol. The van der Waals surface area contributed by atoms with Crippen LogP contribution in [0.25, 0.3) is 0 Å². The first-order chi connectivity index (χ1) is 11.3. The number of rotatable bonds is 3. The number of hydrogen-bond acceptors (Lipinski definition) is 12. The Labute approximate surface area is 136 Å². The van der Waals surface area contributed by atoms with Crippen molar-refractivity contribution in [3.8, 4) is 0 Å². The van der Waals surface area contributed by atoms with Crippen LogP contribution in [0.2, 0.25) is 0 Å². The summed E-state index contributed by atoms with van der Waals surface area (Å²) in [5, 5.41) is 57.0. The summed E-state index contributed by atoms with van der Waals surface area (Å²) in [7, 11) is 0. The van der Waals surface area contributed by atoms with Gasteiger partial charge in [-0.1, -0.05) is 0 Å². The number of hydrogen-bond donors (Lipinski definition) is 7. The molecule has 2 aliphatic rings. The molecule has 8 N–H and O–H groups in total. The molecule has 9 unspecified atom stereocenters. The third-order valence-corrected chi connectivity index (χ3v) is 3.69. The topological polar surface area (TPSA) is 209 Å². The van der Waals surface area contributed by atoms with Crippen LogP contribution in [0, 0.1) is 0 Å². The Hall–Kier alpha value is -1.02. The molecule has 12 heteroatoms. The van der Waals surface area contributed by atoms with E-state index < -0.39 is 61.9 Å². The predicted octanol–water partition coefficient (Wildman–Crippen LogP) is -5.38. The van der Waals surface area contributed by atoms with Gasteiger partial charge in [0.2, 0.25) is 0 Å². The first-order valence-electron chi connectivity index (χ1n) is 6.97. The predicted molar refractivity (Wildman–Crippen MR) is 69.6 cm³/mol. The van der Waals surface area contributed by atoms with Gasteiger partial charge in [0.05, 0.1) is 19.3 Å². The minimum atomic E-state index is -1.56. The van der Waals surface area contributed by atoms with E-state index >= 15 is 0 Å². The lowest BCUT2D eigenvalue weighted by Gasteiger charge is -2.43. The molecule has 2 heterocycles. The van der Waals surface area contributed by atoms with E-state index in [1.54, 1.807) is 0 Å². The Bertz CT molecular complexity index is 416. The fraction of sp³-hybridized carbons (Fsp3) is 0.917. The summed E-state index contributed by atoms with van der Waals surface area (Å²) in [5.74, 6) is 0. The highest BCUT2D eigenvalue weighted by Gasteiger charge is 2.46. The molecule has 0 amide bonds. The lowest BCUT2D eigenvalue weighted by molar-refractivity contribution is -0.319. The van der Waals surface area contributed by atoms with Crippen molar-refractivity contribution < 1.29 is 54.4 Å². The van der Waals surface area contributed by atoms with E-state index in [2.05, 4.69) is 0 Å². The van der Waals surface area contributed by atoms with Crippen molar-refractivity contribution in [2.24, 2.45) is 5.73 Å². The summed E-state index contributed by atoms with van der Waals surface area (Å²) in [6, 6.07) is -1.13. The Kier molecular flexibility index (Phi) is 8.29. The normalized spacial score (nSPS) is 45.7. The standard InChI is InChI=1S/C11H21NO9.CO2/c12-5-8(16)6(14)3(1-13)20-11(5)21-4-2-19-10(18)9(17)7(4)15;2-1-3/h3-11,13-18H,1-2,12H2;. The molecule has 2 aliphatic heterocycles. The summed E-state index contributed by atoms with van der Waals surface area (Å²) in [5.41, 5.74) is 5.68. The summed E-state index contributed by atoms with van der Waals surface area (Å²) >= 11 is 0. The highest BCUT2D eigenvalue weighted by Crippen LogP contribution is 2.24. The molecule has 0 spiro atoms. The van der Waals surface area contributed by atoms with Crippen LogP contribution in [0.5, 0.6) is 0 Å². The number of ether oxygens (including phenoxy) is 3. The van der Waals surface area contributed by atoms with Crippen molar-refractivity contribution in [2.75, 3.05) is 13.2 Å². The van der Waals surface area contributed by atoms with Gasteiger partial charge in [0.15, 0.2) is 12.6 Å². The number of nitrogens with two attached hydrogens (primary N) is 1. The van der Waals surface area contributed by atoms with Gasteiger partial charge in [0, 0.05) is 0 Å². The molecule has 24 heavy (non-hydrogen) atoms. The second-order valence-electron chi connectivity index (χ2n) is 5.25. The van der Waals surface area contributed by atoms with Crippen molar-refractivity contribution in [3.63, 3.8) is 0 Å². The van der Waals surface area contributed by atoms with Crippen molar-refractivity contribution >= 4 is 6.15 Å². The van der Waals surface area contributed by atoms with Crippen molar-refractivity contribution in [1.82, 2.24) is 0 Å². The van der Waals surface area contributed by atoms with Crippen LogP contribution in [-0.2, 0) is 23.8 Å². The van der Waals surface area contributed by atoms with Gasteiger partial charge >= 0.3 is 6.15 Å². The average Bonchev–Trinajstić information content (AvgIpc) is 2.56. The molecule has 0 bridgehead atoms. The summed E-state index contributed by atoms with van der Waals surface area (Å²) in [6.07, 6.45) is -10.4. The van der Waals surface area contributed by atoms with E-state index in [9.17, 15) is 25.5 Å². The lowest BCUT2D eigenvalue weighted by Crippen LogP contribution is -2.64. The quantitative estimate of drug-likeness (QED) is 0.253. The van der Waals surface area contributed by atoms with Gasteiger partial charge in [-0.3, -0.25) is 0 Å². The Morgan fingerprint density at radius 2 is 1.62 bits per heavy atom. The third kappa shape index (κ3) is 4.75. The maximum absolute atomic E-state index is 9.79. The van der Waals surface area contributed by atoms with E-state index in [0.717, 1.165) is 0 Å². The fourth-order valence-electron chi connectivity index (χ4n) is 2.30. The van der Waals surface area contributed by atoms with E-state index in [1.807, 2.05) is 0 Å². The maximum atomic E-state index is 9.79. The smallest absolute Gasteiger partial charge is 0.373 e. The van der Waals surface area contributed by atoms with Crippen LogP contribution in [-0.4, -0.2) is 105 Å². The van der Waals surface area contributed by atoms with Crippen LogP contribution < -0.4 is 5.73 Å². The number of aliphatic hydroxyl groups is 6. The van der Waals surface area contributed by atoms with E-state index in [-0.39, 0.29) is 12.8 Å². The highest BCUT2D eigenvalue weighted by atomic mass is 16.7. The first kappa shape index (κ1) is 21.0. The third-order valence-electron chi connectivity index (χ3n) is 3.69. The van der Waals surface area contributed by atoms with Crippen molar-refractivity contribution in [1.29, 1.82) is 0 Å². The van der Waals surface area contributed by atoms with E-state index in [0.29, 0.717) is 0 Å². The number of aliphatic hydroxyl groups excluding tert-OH is 6. The van der Waals surface area contributed by atoms with Crippen LogP contribution in [0.3, 0.4) is 0 Å². The van der Waals surface area contributed by atoms with Gasteiger partial charge in [-0.2, -0.15) is 9.59 Å². The highest BCUT2D eigenvalue weighted by molar-refractivity contribution is 5.20. The largest absolute Gasteiger partial charge is 0.394 e. The Morgan fingerprint density at radius 1 is 1.04 bits per heavy atom. The average molecular weight is 355 g/mol. The van der Waals surface area contributed by atoms with Crippen LogP contribution in [0.1, 0.15) is 0 Å². The minimum Gasteiger partial charge on any atom is -0.394 e. The summed E-state index contributed by atoms with van der Waals surface area (Å²) in [4.78, 5) is 16.2. The minimum absolute atomic E-state index is 0.228. The van der Waals surface area contributed by atoms with E-state index in [1.165, 1.54) is 0 Å². The molecule has 0 aromatic carbocycles. The molecule has 0 saturated carbocycles. The molecule has 2 rings (SSSR count). The van der Waals surface area contributed by atoms with Gasteiger partial charge in [0.1, 0.15) is 36.6 Å². The SMILES string of the molecule is NC1C(OC2COC(O)C(O)C2O)OC(CO)C(O)C1O.O=C=O. The zero-order valence-corrected chi connectivity index (χ0v) is 12.4. The van der Waals surface area contributed by atoms with Crippen molar-refractivity contribution in [2.45, 2.75) is 55.2 Å². The van der Waals surface area contributed by atoms with Crippen LogP contribution in [0.4, 0.5) is 0 Å². The molecule has 2 saturated heterocycles. The van der Waals surface area contributed by atoms with Gasteiger partial charge in [-0.05, 0) is 0 Å². The summed E-state index contributed by atoms with van der Waals surface area (Å²) in [6.45, 7) is -0.787. The first-order valence-corrected chi connectivity index (χ1v) is 6.97. The monoisotopic (exact) mass is 355 g/mol. The Balaban J connectivity index is 0.000000891. The van der Waals surface area contributed by atoms with Crippen molar-refractivity contribution in [3.05, 3.63) is 0 Å². The van der Waals surface area contributed by atoms with Crippen LogP contribution >= 0.6 is 0 Å². The maximum Gasteiger partial charge on any atom is 0.373 e. The zero-order chi connectivity index (χ0) is 18.4. The molecule has 0 aromatic heterocycles. The molecule has 0 aromatic rings. The molecule has 140 valence electrons. The van der Waals surface area contributed by atoms with Gasteiger partial charge < -0.3 is 50.6 Å². The fourth-order valence-corrected chi connectivity index (χ4v) is 2.30. The summed E-state index contributed by atoms with van der Waals surface area (Å²) < 4.78 is 15.4. The lowest BCUT2D eigenvalue weighted by atomic mass is 9.97. The molecular formula is C12H21NO11. The molecule has 9 atom stereocenters. The van der Waals surface area contributed by atoms with Gasteiger partial charge in [-0.25, -0.2) is 0 Å². The van der Waals surface area contributed by atoms with Crippen LogP contribution in [0.15, 0.2) is 0 Å². The van der Waals surface area contributed by atoms with E-state index in [4.69, 9.17) is 34.6 Å². The van der Waals surface area contributed by atoms with Gasteiger partial charge in [0.25, 0.3) is 0 Å². The molecule has 12 nitrogen and oxygen atoms in total. The molecule has 0 radical (unpaired) electrons. The molecule has 0 aliphatic carbocycles. The zero-order valence-electron chi connectivity index (χ0n) is 12.4. The number of carbonyl (C=O) groups excluding carboxylic acids is 2. The second-order valence-corrected chi connectivity index (χ2v) is 5.25. The van der Waals surface area contributed by atoms with Gasteiger partial charge in [-0.15, -0.1) is 0 Å².